The molecule has 0 saturated heterocycles. The Morgan fingerprint density at radius 3 is 2.10 bits per heavy atom. The lowest BCUT2D eigenvalue weighted by Gasteiger charge is -2.08. The van der Waals surface area contributed by atoms with Gasteiger partial charge in [-0.2, -0.15) is 0 Å². The number of hydrogen-bond acceptors (Lipinski definition) is 3. The van der Waals surface area contributed by atoms with Crippen LogP contribution in [-0.2, 0) is 0 Å². The quantitative estimate of drug-likeness (QED) is 0.836. The largest absolute Gasteiger partial charge is 0.457 e. The van der Waals surface area contributed by atoms with Crippen LogP contribution < -0.4 is 4.74 Å². The molecule has 0 fully saturated rings. The first kappa shape index (κ1) is 15.7. The second-order valence-electron chi connectivity index (χ2n) is 3.80. The molecule has 3 heteroatoms. The average molecular weight is 270 g/mol. The molecule has 2 rings (SSSR count). The Morgan fingerprint density at radius 1 is 1.00 bits per heavy atom. The number of rotatable bonds is 4. The van der Waals surface area contributed by atoms with E-state index in [2.05, 4.69) is 12.3 Å². The third-order valence-electron chi connectivity index (χ3n) is 2.48. The molecule has 0 aliphatic heterocycles. The summed E-state index contributed by atoms with van der Waals surface area (Å²) < 4.78 is 5.65. The topological polar surface area (TPSA) is 49.7 Å². The summed E-state index contributed by atoms with van der Waals surface area (Å²) in [6.07, 6.45) is 0.834. The predicted molar refractivity (Wildman–Crippen MR) is 79.8 cm³/mol. The third-order valence-corrected chi connectivity index (χ3v) is 2.48. The van der Waals surface area contributed by atoms with Gasteiger partial charge in [0.25, 0.3) is 0 Å². The van der Waals surface area contributed by atoms with E-state index >= 15 is 0 Å². The molecule has 2 aromatic rings. The fourth-order valence-corrected chi connectivity index (χ4v) is 1.57. The van der Waals surface area contributed by atoms with Crippen molar-refractivity contribution in [2.75, 3.05) is 7.11 Å². The number of hydrogen-bond donors (Lipinski definition) is 2. The Kier molecular flexibility index (Phi) is 6.87. The smallest absolute Gasteiger partial charge is 0.127 e. The standard InChI is InChI=1S/C16H14O2.CH4O/c1-2-6-16(17)13-9-11-15(12-10-13)18-14-7-4-3-5-8-14;1-2/h3-12,16-17H,1H2;2H,1H3. The minimum absolute atomic E-state index is 0.673. The van der Waals surface area contributed by atoms with E-state index in [0.717, 1.165) is 24.2 Å². The summed E-state index contributed by atoms with van der Waals surface area (Å²) in [4.78, 5) is 0. The number of aliphatic hydroxyl groups is 2. The molecule has 0 heterocycles. The summed E-state index contributed by atoms with van der Waals surface area (Å²) in [6, 6.07) is 16.8. The van der Waals surface area contributed by atoms with Crippen LogP contribution in [0.15, 0.2) is 73.0 Å². The fourth-order valence-electron chi connectivity index (χ4n) is 1.57. The van der Waals surface area contributed by atoms with E-state index in [1.54, 1.807) is 0 Å². The molecular weight excluding hydrogens is 252 g/mol. The zero-order valence-electron chi connectivity index (χ0n) is 11.4. The van der Waals surface area contributed by atoms with Crippen molar-refractivity contribution in [3.05, 3.63) is 78.5 Å². The van der Waals surface area contributed by atoms with Crippen LogP contribution in [0.1, 0.15) is 11.7 Å². The minimum atomic E-state index is -0.673. The van der Waals surface area contributed by atoms with E-state index < -0.39 is 6.10 Å². The van der Waals surface area contributed by atoms with Crippen LogP contribution in [0.5, 0.6) is 11.5 Å². The second-order valence-corrected chi connectivity index (χ2v) is 3.80. The zero-order chi connectivity index (χ0) is 14.8. The van der Waals surface area contributed by atoms with Gasteiger partial charge in [-0.15, -0.1) is 5.73 Å². The molecule has 2 aromatic carbocycles. The van der Waals surface area contributed by atoms with Crippen molar-refractivity contribution in [3.63, 3.8) is 0 Å². The number of ether oxygens (including phenoxy) is 1. The number of para-hydroxylation sites is 1. The van der Waals surface area contributed by atoms with Crippen molar-refractivity contribution < 1.29 is 14.9 Å². The minimum Gasteiger partial charge on any atom is -0.457 e. The van der Waals surface area contributed by atoms with E-state index in [9.17, 15) is 5.11 Å². The van der Waals surface area contributed by atoms with Gasteiger partial charge in [0, 0.05) is 7.11 Å². The van der Waals surface area contributed by atoms with Crippen LogP contribution in [0.3, 0.4) is 0 Å². The molecule has 0 aliphatic rings. The van der Waals surface area contributed by atoms with Gasteiger partial charge < -0.3 is 14.9 Å². The maximum atomic E-state index is 9.70. The lowest BCUT2D eigenvalue weighted by molar-refractivity contribution is 0.229. The monoisotopic (exact) mass is 270 g/mol. The maximum Gasteiger partial charge on any atom is 0.127 e. The molecule has 0 radical (unpaired) electrons. The summed E-state index contributed by atoms with van der Waals surface area (Å²) in [5, 5.41) is 16.7. The molecule has 0 amide bonds. The molecule has 0 aliphatic carbocycles. The van der Waals surface area contributed by atoms with Crippen molar-refractivity contribution in [2.45, 2.75) is 6.10 Å². The highest BCUT2D eigenvalue weighted by molar-refractivity contribution is 5.34. The zero-order valence-corrected chi connectivity index (χ0v) is 11.4. The van der Waals surface area contributed by atoms with E-state index in [4.69, 9.17) is 9.84 Å². The Balaban J connectivity index is 0.000000956. The van der Waals surface area contributed by atoms with Crippen LogP contribution in [0, 0.1) is 0 Å². The molecule has 1 atom stereocenters. The van der Waals surface area contributed by atoms with Crippen LogP contribution in [0.25, 0.3) is 0 Å². The molecule has 2 N–H and O–H groups in total. The van der Waals surface area contributed by atoms with Crippen molar-refractivity contribution in [2.24, 2.45) is 0 Å². The van der Waals surface area contributed by atoms with Gasteiger partial charge in [0.2, 0.25) is 0 Å². The lowest BCUT2D eigenvalue weighted by Crippen LogP contribution is -1.92. The molecule has 0 spiro atoms. The van der Waals surface area contributed by atoms with E-state index in [-0.39, 0.29) is 0 Å². The second kappa shape index (κ2) is 8.73. The van der Waals surface area contributed by atoms with E-state index in [1.165, 1.54) is 6.08 Å². The highest BCUT2D eigenvalue weighted by Gasteiger charge is 2.03. The van der Waals surface area contributed by atoms with Crippen molar-refractivity contribution in [1.29, 1.82) is 0 Å². The molecule has 0 saturated carbocycles. The van der Waals surface area contributed by atoms with Gasteiger partial charge in [0.15, 0.2) is 0 Å². The molecule has 3 nitrogen and oxygen atoms in total. The maximum absolute atomic E-state index is 9.70. The summed E-state index contributed by atoms with van der Waals surface area (Å²) in [7, 11) is 1.00. The van der Waals surface area contributed by atoms with Gasteiger partial charge >= 0.3 is 0 Å². The van der Waals surface area contributed by atoms with Gasteiger partial charge in [-0.05, 0) is 35.9 Å². The van der Waals surface area contributed by atoms with Crippen LogP contribution in [0.2, 0.25) is 0 Å². The van der Waals surface area contributed by atoms with E-state index in [1.807, 2.05) is 54.6 Å². The fraction of sp³-hybridized carbons (Fsp3) is 0.118. The third kappa shape index (κ3) is 4.75. The average Bonchev–Trinajstić information content (AvgIpc) is 2.51. The number of benzene rings is 2. The normalized spacial score (nSPS) is 10.6. The molecule has 20 heavy (non-hydrogen) atoms. The molecule has 0 aromatic heterocycles. The first-order valence-corrected chi connectivity index (χ1v) is 6.11. The summed E-state index contributed by atoms with van der Waals surface area (Å²) in [5.74, 6) is 1.52. The van der Waals surface area contributed by atoms with Gasteiger partial charge in [0.05, 0.1) is 0 Å². The van der Waals surface area contributed by atoms with Gasteiger partial charge in [-0.3, -0.25) is 0 Å². The Hall–Kier alpha value is -2.32. The van der Waals surface area contributed by atoms with Crippen molar-refractivity contribution in [3.8, 4) is 11.5 Å². The lowest BCUT2D eigenvalue weighted by atomic mass is 10.1. The molecule has 0 bridgehead atoms. The number of aliphatic hydroxyl groups excluding tert-OH is 2. The van der Waals surface area contributed by atoms with Crippen LogP contribution >= 0.6 is 0 Å². The summed E-state index contributed by atoms with van der Waals surface area (Å²) in [5.41, 5.74) is 3.35. The predicted octanol–water partition coefficient (Wildman–Crippen LogP) is 3.46. The Labute approximate surface area is 119 Å². The summed E-state index contributed by atoms with van der Waals surface area (Å²) >= 11 is 0. The van der Waals surface area contributed by atoms with Crippen LogP contribution in [-0.4, -0.2) is 17.3 Å². The molecule has 104 valence electrons. The highest BCUT2D eigenvalue weighted by atomic mass is 16.5. The van der Waals surface area contributed by atoms with Gasteiger partial charge in [-0.25, -0.2) is 0 Å². The van der Waals surface area contributed by atoms with Crippen LogP contribution in [0.4, 0.5) is 0 Å². The summed E-state index contributed by atoms with van der Waals surface area (Å²) in [6.45, 7) is 3.43. The first-order valence-electron chi connectivity index (χ1n) is 6.11. The van der Waals surface area contributed by atoms with Gasteiger partial charge in [0.1, 0.15) is 17.6 Å². The molecular formula is C17H18O3. The van der Waals surface area contributed by atoms with Gasteiger partial charge in [-0.1, -0.05) is 36.9 Å². The Bertz CT molecular complexity index is 540. The molecule has 1 unspecified atom stereocenters. The SMILES string of the molecule is C=C=CC(O)c1ccc(Oc2ccccc2)cc1.CO. The van der Waals surface area contributed by atoms with Crippen molar-refractivity contribution >= 4 is 0 Å². The Morgan fingerprint density at radius 2 is 1.55 bits per heavy atom. The highest BCUT2D eigenvalue weighted by Crippen LogP contribution is 2.23. The van der Waals surface area contributed by atoms with Crippen molar-refractivity contribution in [1.82, 2.24) is 0 Å². The van der Waals surface area contributed by atoms with E-state index in [0.29, 0.717) is 0 Å². The first-order chi connectivity index (χ1) is 9.79.